The molecule has 0 saturated carbocycles. The van der Waals surface area contributed by atoms with E-state index >= 15 is 0 Å². The van der Waals surface area contributed by atoms with Gasteiger partial charge in [0, 0.05) is 29.4 Å². The molecule has 0 aliphatic carbocycles. The van der Waals surface area contributed by atoms with Crippen LogP contribution in [-0.2, 0) is 42.2 Å². The van der Waals surface area contributed by atoms with Crippen LogP contribution in [0.2, 0.25) is 0 Å². The van der Waals surface area contributed by atoms with Crippen molar-refractivity contribution in [2.24, 2.45) is 5.92 Å². The lowest BCUT2D eigenvalue weighted by Gasteiger charge is -2.41. The fourth-order valence-electron chi connectivity index (χ4n) is 4.98. The quantitative estimate of drug-likeness (QED) is 0.137. The van der Waals surface area contributed by atoms with Gasteiger partial charge >= 0.3 is 16.1 Å². The number of Topliss-reactive ketones (excluding diaryl/α,β-unsaturated/α-hetero) is 1. The minimum atomic E-state index is -3.97. The third-order valence-electron chi connectivity index (χ3n) is 7.57. The van der Waals surface area contributed by atoms with Crippen LogP contribution in [0.15, 0.2) is 60.0 Å². The van der Waals surface area contributed by atoms with Crippen molar-refractivity contribution in [2.45, 2.75) is 87.8 Å². The minimum absolute atomic E-state index is 0.0572. The van der Waals surface area contributed by atoms with Crippen molar-refractivity contribution in [1.82, 2.24) is 9.55 Å². The second kappa shape index (κ2) is 12.1. The fraction of sp³-hybridized carbons (Fsp3) is 0.452. The van der Waals surface area contributed by atoms with E-state index in [4.69, 9.17) is 14.7 Å². The number of aryl methyl sites for hydroxylation is 2. The van der Waals surface area contributed by atoms with Crippen molar-refractivity contribution in [1.29, 1.82) is 0 Å². The highest BCUT2D eigenvalue weighted by Crippen LogP contribution is 2.43. The van der Waals surface area contributed by atoms with Crippen LogP contribution in [0, 0.1) is 12.8 Å². The Morgan fingerprint density at radius 1 is 1.19 bits per heavy atom. The zero-order valence-electron chi connectivity index (χ0n) is 24.9. The zero-order chi connectivity index (χ0) is 30.9. The summed E-state index contributed by atoms with van der Waals surface area (Å²) in [5.74, 6) is -0.973. The Labute approximate surface area is 252 Å². The monoisotopic (exact) mass is 613 g/mol. The summed E-state index contributed by atoms with van der Waals surface area (Å²) in [4.78, 5) is 31.6. The van der Waals surface area contributed by atoms with E-state index in [9.17, 15) is 18.0 Å². The highest BCUT2D eigenvalue weighted by Gasteiger charge is 2.49. The molecule has 9 nitrogen and oxygen atoms in total. The Hall–Kier alpha value is -3.31. The SMILES string of the molecule is Cc1cc(SC2C(=O)CC(CCc3ccc(N)cc3)(C(C)C)OC2=O)c(C(C)(C)C)cc1OS(=O)(=O)Cn1ccnc1. The van der Waals surface area contributed by atoms with Crippen molar-refractivity contribution in [3.8, 4) is 5.75 Å². The van der Waals surface area contributed by atoms with Gasteiger partial charge in [0.15, 0.2) is 16.9 Å². The molecule has 2 aromatic carbocycles. The van der Waals surface area contributed by atoms with Crippen LogP contribution in [-0.4, -0.2) is 40.6 Å². The van der Waals surface area contributed by atoms with E-state index in [2.05, 4.69) is 4.98 Å². The molecule has 2 unspecified atom stereocenters. The summed E-state index contributed by atoms with van der Waals surface area (Å²) < 4.78 is 38.5. The number of anilines is 1. The lowest BCUT2D eigenvalue weighted by Crippen LogP contribution is -2.52. The number of benzene rings is 2. The number of hydrogen-bond acceptors (Lipinski definition) is 9. The minimum Gasteiger partial charge on any atom is -0.457 e. The number of hydrogen-bond donors (Lipinski definition) is 1. The maximum Gasteiger partial charge on any atom is 0.328 e. The summed E-state index contributed by atoms with van der Waals surface area (Å²) in [5.41, 5.74) is 7.54. The third-order valence-corrected chi connectivity index (χ3v) is 9.90. The average molecular weight is 614 g/mol. The molecule has 1 fully saturated rings. The molecular weight excluding hydrogens is 574 g/mol. The van der Waals surface area contributed by atoms with Gasteiger partial charge in [0.1, 0.15) is 11.4 Å². The van der Waals surface area contributed by atoms with Gasteiger partial charge in [0.2, 0.25) is 0 Å². The van der Waals surface area contributed by atoms with Gasteiger partial charge in [-0.3, -0.25) is 9.59 Å². The molecule has 2 heterocycles. The van der Waals surface area contributed by atoms with Gasteiger partial charge in [0.05, 0.1) is 6.33 Å². The molecule has 1 aromatic heterocycles. The molecule has 1 aliphatic heterocycles. The number of nitrogens with zero attached hydrogens (tertiary/aromatic N) is 2. The van der Waals surface area contributed by atoms with Crippen molar-refractivity contribution in [3.63, 3.8) is 0 Å². The number of cyclic esters (lactones) is 1. The molecule has 42 heavy (non-hydrogen) atoms. The number of nitrogen functional groups attached to an aromatic ring is 1. The largest absolute Gasteiger partial charge is 0.457 e. The predicted molar refractivity (Wildman–Crippen MR) is 164 cm³/mol. The summed E-state index contributed by atoms with van der Waals surface area (Å²) in [7, 11) is -3.97. The van der Waals surface area contributed by atoms with Crippen LogP contribution in [0.3, 0.4) is 0 Å². The van der Waals surface area contributed by atoms with E-state index in [1.807, 2.05) is 58.9 Å². The molecule has 4 rings (SSSR count). The van der Waals surface area contributed by atoms with Gasteiger partial charge in [-0.15, -0.1) is 11.8 Å². The Morgan fingerprint density at radius 3 is 2.45 bits per heavy atom. The highest BCUT2D eigenvalue weighted by atomic mass is 32.2. The van der Waals surface area contributed by atoms with E-state index in [-0.39, 0.29) is 29.7 Å². The van der Waals surface area contributed by atoms with Crippen LogP contribution >= 0.6 is 11.8 Å². The molecular formula is C31H39N3O6S2. The van der Waals surface area contributed by atoms with Crippen LogP contribution in [0.1, 0.15) is 64.2 Å². The molecule has 3 aromatic rings. The third kappa shape index (κ3) is 7.36. The number of nitrogens with two attached hydrogens (primary N) is 1. The number of thioether (sulfide) groups is 1. The first-order valence-corrected chi connectivity index (χ1v) is 16.3. The zero-order valence-corrected chi connectivity index (χ0v) is 26.6. The average Bonchev–Trinajstić information content (AvgIpc) is 3.38. The molecule has 0 spiro atoms. The summed E-state index contributed by atoms with van der Waals surface area (Å²) in [6.07, 6.45) is 5.74. The lowest BCUT2D eigenvalue weighted by atomic mass is 9.78. The topological polar surface area (TPSA) is 131 Å². The van der Waals surface area contributed by atoms with Crippen molar-refractivity contribution >= 4 is 39.3 Å². The number of rotatable bonds is 10. The first-order chi connectivity index (χ1) is 19.6. The Bertz CT molecular complexity index is 1520. The normalized spacial score (nSPS) is 19.6. The maximum atomic E-state index is 13.6. The molecule has 0 radical (unpaired) electrons. The first-order valence-electron chi connectivity index (χ1n) is 13.9. The van der Waals surface area contributed by atoms with Crippen molar-refractivity contribution in [3.05, 3.63) is 71.8 Å². The van der Waals surface area contributed by atoms with E-state index in [0.717, 1.165) is 22.9 Å². The van der Waals surface area contributed by atoms with Gasteiger partial charge in [-0.05, 0) is 72.1 Å². The molecule has 0 bridgehead atoms. The van der Waals surface area contributed by atoms with Gasteiger partial charge < -0.3 is 19.2 Å². The van der Waals surface area contributed by atoms with Crippen molar-refractivity contribution in [2.75, 3.05) is 5.73 Å². The first kappa shape index (κ1) is 31.6. The second-order valence-corrected chi connectivity index (χ2v) is 14.9. The fourth-order valence-corrected chi connectivity index (χ4v) is 7.36. The van der Waals surface area contributed by atoms with Crippen molar-refractivity contribution < 1.29 is 26.9 Å². The van der Waals surface area contributed by atoms with Gasteiger partial charge in [0.25, 0.3) is 0 Å². The Balaban J connectivity index is 1.56. The summed E-state index contributed by atoms with van der Waals surface area (Å²) in [5, 5.41) is -1.02. The second-order valence-electron chi connectivity index (χ2n) is 12.2. The highest BCUT2D eigenvalue weighted by molar-refractivity contribution is 8.01. The maximum absolute atomic E-state index is 13.6. The van der Waals surface area contributed by atoms with Gasteiger partial charge in [-0.1, -0.05) is 46.8 Å². The standard InChI is InChI=1S/C31H39N3O6S2/c1-20(2)31(12-11-22-7-9-23(32)10-8-22)17-25(35)28(29(36)39-31)41-27-15-21(3)26(16-24(27)30(4,5)6)40-42(37,38)19-34-14-13-33-18-34/h7-10,13-16,18,20,28H,11-12,17,19,32H2,1-6H3. The number of aromatic nitrogens is 2. The Morgan fingerprint density at radius 2 is 1.88 bits per heavy atom. The van der Waals surface area contributed by atoms with Gasteiger partial charge in [-0.2, -0.15) is 8.42 Å². The molecule has 2 N–H and O–H groups in total. The van der Waals surface area contributed by atoms with E-state index in [0.29, 0.717) is 29.0 Å². The summed E-state index contributed by atoms with van der Waals surface area (Å²) in [6, 6.07) is 11.0. The van der Waals surface area contributed by atoms with E-state index < -0.39 is 32.4 Å². The Kier molecular flexibility index (Phi) is 9.13. The van der Waals surface area contributed by atoms with Gasteiger partial charge in [-0.25, -0.2) is 4.98 Å². The molecule has 0 amide bonds. The van der Waals surface area contributed by atoms with E-state index in [1.165, 1.54) is 17.1 Å². The predicted octanol–water partition coefficient (Wildman–Crippen LogP) is 5.44. The molecule has 226 valence electrons. The number of imidazole rings is 1. The lowest BCUT2D eigenvalue weighted by molar-refractivity contribution is -0.176. The number of ether oxygens (including phenoxy) is 1. The smallest absolute Gasteiger partial charge is 0.328 e. The van der Waals surface area contributed by atoms with Crippen LogP contribution < -0.4 is 9.92 Å². The molecule has 1 saturated heterocycles. The summed E-state index contributed by atoms with van der Waals surface area (Å²) >= 11 is 1.15. The van der Waals surface area contributed by atoms with Crippen LogP contribution in [0.25, 0.3) is 0 Å². The molecule has 2 atom stereocenters. The van der Waals surface area contributed by atoms with E-state index in [1.54, 1.807) is 25.3 Å². The number of esters is 1. The van der Waals surface area contributed by atoms with Crippen LogP contribution in [0.4, 0.5) is 5.69 Å². The number of ketones is 1. The summed E-state index contributed by atoms with van der Waals surface area (Å²) in [6.45, 7) is 11.6. The molecule has 1 aliphatic rings. The number of carbonyl (C=O) groups is 2. The van der Waals surface area contributed by atoms with Crippen LogP contribution in [0.5, 0.6) is 5.75 Å². The molecule has 11 heteroatoms. The number of carbonyl (C=O) groups excluding carboxylic acids is 2.